The molecule has 1 aliphatic heterocycles. The van der Waals surface area contributed by atoms with E-state index in [1.165, 1.54) is 24.0 Å². The molecule has 24 heavy (non-hydrogen) atoms. The number of nitrogens with zero attached hydrogens (tertiary/aromatic N) is 1. The Hall–Kier alpha value is -1.72. The molecule has 0 saturated carbocycles. The van der Waals surface area contributed by atoms with E-state index in [9.17, 15) is 14.7 Å². The lowest BCUT2D eigenvalue weighted by Gasteiger charge is -2.17. The van der Waals surface area contributed by atoms with Gasteiger partial charge in [-0.05, 0) is 42.9 Å². The van der Waals surface area contributed by atoms with Crippen LogP contribution in [-0.2, 0) is 17.6 Å². The van der Waals surface area contributed by atoms with E-state index in [0.717, 1.165) is 12.8 Å². The number of Topliss-reactive ketones (excluding diaryl/α,β-unsaturated/α-hetero) is 1. The first-order valence-electron chi connectivity index (χ1n) is 8.80. The molecule has 1 amide bonds. The summed E-state index contributed by atoms with van der Waals surface area (Å²) < 4.78 is 0. The maximum absolute atomic E-state index is 12.4. The van der Waals surface area contributed by atoms with E-state index in [4.69, 9.17) is 5.11 Å². The number of likely N-dealkylation sites (tertiary alicyclic amines) is 1. The van der Waals surface area contributed by atoms with Crippen LogP contribution in [0.2, 0.25) is 0 Å². The third-order valence-corrected chi connectivity index (χ3v) is 5.23. The van der Waals surface area contributed by atoms with Gasteiger partial charge in [-0.25, -0.2) is 0 Å². The van der Waals surface area contributed by atoms with Crippen LogP contribution in [0.3, 0.4) is 0 Å². The van der Waals surface area contributed by atoms with Crippen LogP contribution in [-0.4, -0.2) is 52.6 Å². The highest BCUT2D eigenvalue weighted by Crippen LogP contribution is 2.23. The fourth-order valence-corrected chi connectivity index (χ4v) is 3.67. The Morgan fingerprint density at radius 2 is 1.83 bits per heavy atom. The van der Waals surface area contributed by atoms with Crippen molar-refractivity contribution in [2.75, 3.05) is 19.7 Å². The smallest absolute Gasteiger partial charge is 0.223 e. The molecule has 0 aromatic heterocycles. The lowest BCUT2D eigenvalue weighted by molar-refractivity contribution is -0.130. The van der Waals surface area contributed by atoms with Crippen LogP contribution in [0, 0.1) is 5.92 Å². The van der Waals surface area contributed by atoms with Crippen molar-refractivity contribution in [3.63, 3.8) is 0 Å². The van der Waals surface area contributed by atoms with Crippen molar-refractivity contribution in [3.8, 4) is 0 Å². The van der Waals surface area contributed by atoms with E-state index >= 15 is 0 Å². The molecule has 1 fully saturated rings. The van der Waals surface area contributed by atoms with E-state index < -0.39 is 6.10 Å². The summed E-state index contributed by atoms with van der Waals surface area (Å²) in [5.41, 5.74) is 3.31. The highest BCUT2D eigenvalue weighted by Gasteiger charge is 2.33. The number of rotatable bonds is 5. The van der Waals surface area contributed by atoms with Crippen molar-refractivity contribution < 1.29 is 19.8 Å². The molecule has 1 aromatic carbocycles. The van der Waals surface area contributed by atoms with Crippen molar-refractivity contribution >= 4 is 11.7 Å². The summed E-state index contributed by atoms with van der Waals surface area (Å²) in [5, 5.41) is 18.9. The van der Waals surface area contributed by atoms with Gasteiger partial charge in [-0.3, -0.25) is 9.59 Å². The first-order valence-corrected chi connectivity index (χ1v) is 8.80. The molecule has 2 unspecified atom stereocenters. The number of aryl methyl sites for hydroxylation is 2. The van der Waals surface area contributed by atoms with E-state index in [0.29, 0.717) is 12.1 Å². The molecule has 0 radical (unpaired) electrons. The number of fused-ring (bicyclic) bond motifs is 1. The maximum Gasteiger partial charge on any atom is 0.223 e. The number of hydrogen-bond acceptors (Lipinski definition) is 4. The number of carbonyl (C=O) groups is 2. The van der Waals surface area contributed by atoms with Crippen LogP contribution in [0.4, 0.5) is 0 Å². The summed E-state index contributed by atoms with van der Waals surface area (Å²) in [5.74, 6) is -0.406. The zero-order chi connectivity index (χ0) is 17.1. The predicted octanol–water partition coefficient (Wildman–Crippen LogP) is 1.34. The van der Waals surface area contributed by atoms with Gasteiger partial charge in [-0.1, -0.05) is 12.1 Å². The average Bonchev–Trinajstić information content (AvgIpc) is 2.99. The minimum atomic E-state index is -0.671. The highest BCUT2D eigenvalue weighted by atomic mass is 16.3. The van der Waals surface area contributed by atoms with Gasteiger partial charge in [0.05, 0.1) is 12.7 Å². The molecule has 1 aliphatic carbocycles. The Kier molecular flexibility index (Phi) is 5.31. The molecular weight excluding hydrogens is 306 g/mol. The third-order valence-electron chi connectivity index (χ3n) is 5.23. The Morgan fingerprint density at radius 3 is 2.54 bits per heavy atom. The molecule has 130 valence electrons. The summed E-state index contributed by atoms with van der Waals surface area (Å²) in [7, 11) is 0. The fourth-order valence-electron chi connectivity index (χ4n) is 3.67. The normalized spacial score (nSPS) is 23.2. The monoisotopic (exact) mass is 331 g/mol. The van der Waals surface area contributed by atoms with Gasteiger partial charge in [-0.15, -0.1) is 0 Å². The summed E-state index contributed by atoms with van der Waals surface area (Å²) in [6.45, 7) is 0.486. The third kappa shape index (κ3) is 3.68. The first kappa shape index (κ1) is 17.1. The molecule has 1 aromatic rings. The molecule has 0 spiro atoms. The second kappa shape index (κ2) is 7.45. The van der Waals surface area contributed by atoms with Crippen LogP contribution in [0.25, 0.3) is 0 Å². The molecule has 2 aliphatic rings. The molecule has 5 nitrogen and oxygen atoms in total. The van der Waals surface area contributed by atoms with Crippen molar-refractivity contribution in [1.29, 1.82) is 0 Å². The van der Waals surface area contributed by atoms with Crippen molar-refractivity contribution in [3.05, 3.63) is 34.9 Å². The molecule has 1 saturated heterocycles. The standard InChI is InChI=1S/C19H25NO4/c21-12-16-10-20(11-18(16)23)19(24)8-7-17(22)15-6-5-13-3-1-2-4-14(13)9-15/h5-6,9,16,18,21,23H,1-4,7-8,10-12H2. The topological polar surface area (TPSA) is 77.8 Å². The summed E-state index contributed by atoms with van der Waals surface area (Å²) in [4.78, 5) is 26.1. The number of carbonyl (C=O) groups excluding carboxylic acids is 2. The summed E-state index contributed by atoms with van der Waals surface area (Å²) >= 11 is 0. The molecule has 2 atom stereocenters. The molecular formula is C19H25NO4. The molecule has 5 heteroatoms. The van der Waals surface area contributed by atoms with Crippen LogP contribution < -0.4 is 0 Å². The molecule has 1 heterocycles. The predicted molar refractivity (Wildman–Crippen MR) is 89.8 cm³/mol. The largest absolute Gasteiger partial charge is 0.396 e. The van der Waals surface area contributed by atoms with Gasteiger partial charge >= 0.3 is 0 Å². The van der Waals surface area contributed by atoms with Gasteiger partial charge in [0.2, 0.25) is 5.91 Å². The van der Waals surface area contributed by atoms with Crippen molar-refractivity contribution in [2.45, 2.75) is 44.6 Å². The highest BCUT2D eigenvalue weighted by molar-refractivity contribution is 5.98. The minimum absolute atomic E-state index is 0.00447. The second-order valence-corrected chi connectivity index (χ2v) is 6.92. The van der Waals surface area contributed by atoms with E-state index in [1.54, 1.807) is 4.90 Å². The number of benzene rings is 1. The summed E-state index contributed by atoms with van der Waals surface area (Å²) in [6, 6.07) is 5.91. The zero-order valence-corrected chi connectivity index (χ0v) is 13.9. The van der Waals surface area contributed by atoms with Crippen LogP contribution in [0.15, 0.2) is 18.2 Å². The van der Waals surface area contributed by atoms with Gasteiger partial charge in [-0.2, -0.15) is 0 Å². The average molecular weight is 331 g/mol. The van der Waals surface area contributed by atoms with Crippen molar-refractivity contribution in [1.82, 2.24) is 4.90 Å². The van der Waals surface area contributed by atoms with Gasteiger partial charge in [0.1, 0.15) is 0 Å². The fraction of sp³-hybridized carbons (Fsp3) is 0.579. The lowest BCUT2D eigenvalue weighted by Crippen LogP contribution is -2.29. The van der Waals surface area contributed by atoms with Crippen molar-refractivity contribution in [2.24, 2.45) is 5.92 Å². The number of hydrogen-bond donors (Lipinski definition) is 2. The quantitative estimate of drug-likeness (QED) is 0.798. The number of aliphatic hydroxyl groups excluding tert-OH is 2. The second-order valence-electron chi connectivity index (χ2n) is 6.92. The molecule has 2 N–H and O–H groups in total. The van der Waals surface area contributed by atoms with Crippen LogP contribution >= 0.6 is 0 Å². The van der Waals surface area contributed by atoms with E-state index in [-0.39, 0.29) is 43.6 Å². The van der Waals surface area contributed by atoms with Gasteiger partial charge in [0.25, 0.3) is 0 Å². The molecule has 3 rings (SSSR count). The SMILES string of the molecule is O=C(CCC(=O)N1CC(O)C(CO)C1)c1ccc2c(c1)CCCC2. The number of ketones is 1. The Balaban J connectivity index is 1.55. The van der Waals surface area contributed by atoms with E-state index in [2.05, 4.69) is 0 Å². The lowest BCUT2D eigenvalue weighted by atomic mass is 9.89. The van der Waals surface area contributed by atoms with Gasteiger partial charge < -0.3 is 15.1 Å². The zero-order valence-electron chi connectivity index (χ0n) is 13.9. The number of amides is 1. The Morgan fingerprint density at radius 1 is 1.08 bits per heavy atom. The number of β-amino-alcohol motifs (C(OH)–C–C–N with tert-alkyl or cyclic N) is 1. The molecule has 0 bridgehead atoms. The minimum Gasteiger partial charge on any atom is -0.396 e. The first-order chi connectivity index (χ1) is 11.6. The number of aliphatic hydroxyl groups is 2. The van der Waals surface area contributed by atoms with E-state index in [1.807, 2.05) is 18.2 Å². The van der Waals surface area contributed by atoms with Crippen LogP contribution in [0.1, 0.15) is 47.2 Å². The maximum atomic E-state index is 12.4. The summed E-state index contributed by atoms with van der Waals surface area (Å²) in [6.07, 6.45) is 4.18. The van der Waals surface area contributed by atoms with Gasteiger partial charge in [0, 0.05) is 37.4 Å². The van der Waals surface area contributed by atoms with Gasteiger partial charge in [0.15, 0.2) is 5.78 Å². The Bertz CT molecular complexity index is 628. The Labute approximate surface area is 142 Å². The van der Waals surface area contributed by atoms with Crippen LogP contribution in [0.5, 0.6) is 0 Å².